The molecule has 1 nitrogen and oxygen atoms in total. The van der Waals surface area contributed by atoms with Gasteiger partial charge in [-0.25, -0.2) is 0 Å². The highest BCUT2D eigenvalue weighted by atomic mass is 16.1. The maximum Gasteiger partial charge on any atom is 0.193 e. The van der Waals surface area contributed by atoms with Gasteiger partial charge in [0.15, 0.2) is 5.78 Å². The molecule has 0 fully saturated rings. The van der Waals surface area contributed by atoms with E-state index in [-0.39, 0.29) is 5.78 Å². The van der Waals surface area contributed by atoms with Crippen LogP contribution in [-0.2, 0) is 0 Å². The Balaban J connectivity index is 2.53. The molecule has 0 spiro atoms. The lowest BCUT2D eigenvalue weighted by molar-refractivity contribution is 0.103. The maximum atomic E-state index is 12.7. The quantitative estimate of drug-likeness (QED) is 0.721. The molecule has 98 valence electrons. The molecular weight excluding hydrogens is 232 g/mol. The van der Waals surface area contributed by atoms with Crippen molar-refractivity contribution in [2.45, 2.75) is 34.6 Å². The highest BCUT2D eigenvalue weighted by molar-refractivity contribution is 6.11. The zero-order chi connectivity index (χ0) is 14.2. The lowest BCUT2D eigenvalue weighted by Gasteiger charge is -2.12. The summed E-state index contributed by atoms with van der Waals surface area (Å²) in [6.07, 6.45) is 0. The molecule has 0 atom stereocenters. The summed E-state index contributed by atoms with van der Waals surface area (Å²) in [5, 5.41) is 0. The number of ketones is 1. The van der Waals surface area contributed by atoms with Crippen LogP contribution in [0.15, 0.2) is 30.3 Å². The second-order valence-electron chi connectivity index (χ2n) is 5.33. The van der Waals surface area contributed by atoms with Gasteiger partial charge in [-0.1, -0.05) is 35.9 Å². The number of rotatable bonds is 2. The standard InChI is InChI=1S/C18H20O/c1-11-6-8-16(13(3)10-11)18(19)17-9-7-12(2)14(4)15(17)5/h6-10H,1-5H3. The minimum atomic E-state index is 0.123. The fourth-order valence-corrected chi connectivity index (χ4v) is 2.42. The third kappa shape index (κ3) is 2.46. The fourth-order valence-electron chi connectivity index (χ4n) is 2.42. The Kier molecular flexibility index (Phi) is 3.57. The van der Waals surface area contributed by atoms with E-state index < -0.39 is 0 Å². The average Bonchev–Trinajstić information content (AvgIpc) is 2.35. The van der Waals surface area contributed by atoms with E-state index in [1.165, 1.54) is 16.7 Å². The van der Waals surface area contributed by atoms with Gasteiger partial charge in [0.25, 0.3) is 0 Å². The van der Waals surface area contributed by atoms with Gasteiger partial charge in [0, 0.05) is 11.1 Å². The van der Waals surface area contributed by atoms with Crippen LogP contribution in [0.2, 0.25) is 0 Å². The molecule has 2 rings (SSSR count). The van der Waals surface area contributed by atoms with Crippen molar-refractivity contribution in [3.05, 3.63) is 69.3 Å². The third-order valence-electron chi connectivity index (χ3n) is 3.93. The molecule has 0 saturated carbocycles. The van der Waals surface area contributed by atoms with Crippen LogP contribution in [0.3, 0.4) is 0 Å². The number of benzene rings is 2. The first-order chi connectivity index (χ1) is 8.91. The van der Waals surface area contributed by atoms with Gasteiger partial charge in [-0.3, -0.25) is 4.79 Å². The van der Waals surface area contributed by atoms with Crippen LogP contribution >= 0.6 is 0 Å². The zero-order valence-electron chi connectivity index (χ0n) is 12.3. The van der Waals surface area contributed by atoms with Crippen LogP contribution in [0.5, 0.6) is 0 Å². The molecule has 0 bridgehead atoms. The molecule has 0 heterocycles. The Labute approximate surface area is 115 Å². The highest BCUT2D eigenvalue weighted by Crippen LogP contribution is 2.22. The Morgan fingerprint density at radius 3 is 2.00 bits per heavy atom. The summed E-state index contributed by atoms with van der Waals surface area (Å²) >= 11 is 0. The molecule has 0 radical (unpaired) electrons. The van der Waals surface area contributed by atoms with E-state index in [0.29, 0.717) is 0 Å². The lowest BCUT2D eigenvalue weighted by atomic mass is 9.91. The van der Waals surface area contributed by atoms with Gasteiger partial charge in [-0.2, -0.15) is 0 Å². The summed E-state index contributed by atoms with van der Waals surface area (Å²) in [5.74, 6) is 0.123. The van der Waals surface area contributed by atoms with Crippen molar-refractivity contribution >= 4 is 5.78 Å². The van der Waals surface area contributed by atoms with Crippen molar-refractivity contribution in [3.63, 3.8) is 0 Å². The van der Waals surface area contributed by atoms with Gasteiger partial charge in [0.1, 0.15) is 0 Å². The van der Waals surface area contributed by atoms with Crippen molar-refractivity contribution in [2.24, 2.45) is 0 Å². The summed E-state index contributed by atoms with van der Waals surface area (Å²) < 4.78 is 0. The van der Waals surface area contributed by atoms with Gasteiger partial charge in [0.2, 0.25) is 0 Å². The Bertz CT molecular complexity index is 651. The highest BCUT2D eigenvalue weighted by Gasteiger charge is 2.15. The SMILES string of the molecule is Cc1ccc(C(=O)c2ccc(C)c(C)c2C)c(C)c1. The summed E-state index contributed by atoms with van der Waals surface area (Å²) in [4.78, 5) is 12.7. The Morgan fingerprint density at radius 1 is 0.737 bits per heavy atom. The lowest BCUT2D eigenvalue weighted by Crippen LogP contribution is -2.07. The van der Waals surface area contributed by atoms with Crippen molar-refractivity contribution < 1.29 is 4.79 Å². The van der Waals surface area contributed by atoms with E-state index in [0.717, 1.165) is 22.3 Å². The second-order valence-corrected chi connectivity index (χ2v) is 5.33. The van der Waals surface area contributed by atoms with Crippen LogP contribution in [0, 0.1) is 34.6 Å². The van der Waals surface area contributed by atoms with E-state index in [2.05, 4.69) is 19.9 Å². The molecule has 0 amide bonds. The summed E-state index contributed by atoms with van der Waals surface area (Å²) in [6.45, 7) is 10.2. The van der Waals surface area contributed by atoms with Crippen molar-refractivity contribution in [1.82, 2.24) is 0 Å². The van der Waals surface area contributed by atoms with Crippen LogP contribution in [0.25, 0.3) is 0 Å². The minimum absolute atomic E-state index is 0.123. The molecule has 0 aliphatic rings. The van der Waals surface area contributed by atoms with Gasteiger partial charge >= 0.3 is 0 Å². The number of aryl methyl sites for hydroxylation is 3. The van der Waals surface area contributed by atoms with Gasteiger partial charge in [-0.05, 0) is 56.9 Å². The monoisotopic (exact) mass is 252 g/mol. The van der Waals surface area contributed by atoms with Gasteiger partial charge < -0.3 is 0 Å². The van der Waals surface area contributed by atoms with Gasteiger partial charge in [0.05, 0.1) is 0 Å². The van der Waals surface area contributed by atoms with Crippen molar-refractivity contribution in [2.75, 3.05) is 0 Å². The zero-order valence-corrected chi connectivity index (χ0v) is 12.3. The van der Waals surface area contributed by atoms with E-state index in [4.69, 9.17) is 0 Å². The molecule has 0 unspecified atom stereocenters. The number of hydrogen-bond acceptors (Lipinski definition) is 1. The molecule has 0 aromatic heterocycles. The molecule has 0 aliphatic carbocycles. The first-order valence-corrected chi connectivity index (χ1v) is 6.60. The number of hydrogen-bond donors (Lipinski definition) is 0. The molecule has 19 heavy (non-hydrogen) atoms. The van der Waals surface area contributed by atoms with E-state index in [1.807, 2.05) is 45.0 Å². The summed E-state index contributed by atoms with van der Waals surface area (Å²) in [5.41, 5.74) is 7.37. The van der Waals surface area contributed by atoms with Crippen LogP contribution in [-0.4, -0.2) is 5.78 Å². The second kappa shape index (κ2) is 5.00. The third-order valence-corrected chi connectivity index (χ3v) is 3.93. The average molecular weight is 252 g/mol. The van der Waals surface area contributed by atoms with Gasteiger partial charge in [-0.15, -0.1) is 0 Å². The molecule has 0 N–H and O–H groups in total. The largest absolute Gasteiger partial charge is 0.289 e. The molecule has 2 aromatic rings. The van der Waals surface area contributed by atoms with E-state index >= 15 is 0 Å². The van der Waals surface area contributed by atoms with Crippen LogP contribution in [0.1, 0.15) is 43.7 Å². The van der Waals surface area contributed by atoms with Crippen LogP contribution < -0.4 is 0 Å². The minimum Gasteiger partial charge on any atom is -0.289 e. The molecular formula is C18H20O. The molecule has 1 heteroatoms. The maximum absolute atomic E-state index is 12.7. The van der Waals surface area contributed by atoms with E-state index in [9.17, 15) is 4.79 Å². The fraction of sp³-hybridized carbons (Fsp3) is 0.278. The predicted octanol–water partition coefficient (Wildman–Crippen LogP) is 4.46. The smallest absolute Gasteiger partial charge is 0.193 e. The topological polar surface area (TPSA) is 17.1 Å². The summed E-state index contributed by atoms with van der Waals surface area (Å²) in [7, 11) is 0. The Hall–Kier alpha value is -1.89. The first-order valence-electron chi connectivity index (χ1n) is 6.60. The molecule has 2 aromatic carbocycles. The molecule has 0 aliphatic heterocycles. The molecule has 0 saturated heterocycles. The van der Waals surface area contributed by atoms with Crippen LogP contribution in [0.4, 0.5) is 0 Å². The summed E-state index contributed by atoms with van der Waals surface area (Å²) in [6, 6.07) is 9.96. The van der Waals surface area contributed by atoms with Crippen molar-refractivity contribution in [3.8, 4) is 0 Å². The first kappa shape index (κ1) is 13.5. The Morgan fingerprint density at radius 2 is 1.37 bits per heavy atom. The number of carbonyl (C=O) groups excluding carboxylic acids is 1. The number of carbonyl (C=O) groups is 1. The predicted molar refractivity (Wildman–Crippen MR) is 80.0 cm³/mol. The van der Waals surface area contributed by atoms with E-state index in [1.54, 1.807) is 0 Å². The normalized spacial score (nSPS) is 10.6. The van der Waals surface area contributed by atoms with Crippen molar-refractivity contribution in [1.29, 1.82) is 0 Å².